The summed E-state index contributed by atoms with van der Waals surface area (Å²) in [5.41, 5.74) is 19.8. The SMILES string of the molecule is COc1cc2nccc(Oc3ccc(NC(=Nc4cc(C)on4)S(=O)Cc4ccc(C(=O)N[C@H]5CCNC(=O)[C@H]([C@@H](C)O)NC(=O)[C@H](CCN)NC(=O)[C@H](CCN)NC(=O)[C@H](CC(C)C)NC(=O)[C@@H](Cc6ccccc6)NC(=O)[C@H](CCN)NC5=O)cc4)c(Cl)c3)c2cc1OC. The summed E-state index contributed by atoms with van der Waals surface area (Å²) in [6.07, 6.45) is -0.744. The summed E-state index contributed by atoms with van der Waals surface area (Å²) in [4.78, 5) is 123. The second kappa shape index (κ2) is 35.8. The van der Waals surface area contributed by atoms with E-state index in [1.54, 1.807) is 93.7 Å². The Hall–Kier alpha value is -9.59. The number of aryl methyl sites for hydroxylation is 1. The molecule has 6 aromatic rings. The molecule has 1 aliphatic heterocycles. The minimum atomic E-state index is -1.95. The molecule has 3 heterocycles. The number of carbonyl (C=O) groups is 8. The molecule has 0 spiro atoms. The number of aliphatic imine (C=N–C) groups is 1. The number of aliphatic hydroxyl groups excluding tert-OH is 1. The van der Waals surface area contributed by atoms with E-state index in [4.69, 9.17) is 47.5 Å². The summed E-state index contributed by atoms with van der Waals surface area (Å²) in [6, 6.07) is 16.1. The van der Waals surface area contributed by atoms with Crippen LogP contribution < -0.4 is 79.3 Å². The van der Waals surface area contributed by atoms with Gasteiger partial charge >= 0.3 is 0 Å². The van der Waals surface area contributed by atoms with Crippen LogP contribution in [0.15, 0.2) is 113 Å². The molecule has 1 saturated heterocycles. The number of halogens is 1. The van der Waals surface area contributed by atoms with Gasteiger partial charge < -0.3 is 88.9 Å². The van der Waals surface area contributed by atoms with Gasteiger partial charge in [0.25, 0.3) is 5.91 Å². The molecule has 9 atom stereocenters. The third-order valence-electron chi connectivity index (χ3n) is 15.1. The number of hydrogen-bond acceptors (Lipinski definition) is 20. The van der Waals surface area contributed by atoms with Crippen LogP contribution in [0.4, 0.5) is 11.5 Å². The average Bonchev–Trinajstić information content (AvgIpc) is 0.911. The van der Waals surface area contributed by atoms with E-state index in [0.717, 1.165) is 0 Å². The third-order valence-corrected chi connectivity index (χ3v) is 16.6. The maximum Gasteiger partial charge on any atom is 0.251 e. The Labute approximate surface area is 561 Å². The maximum absolute atomic E-state index is 14.6. The van der Waals surface area contributed by atoms with Crippen LogP contribution in [0.2, 0.25) is 5.02 Å². The van der Waals surface area contributed by atoms with Crippen molar-refractivity contribution < 1.29 is 66.4 Å². The van der Waals surface area contributed by atoms with Gasteiger partial charge in [0, 0.05) is 48.3 Å². The highest BCUT2D eigenvalue weighted by atomic mass is 35.5. The van der Waals surface area contributed by atoms with Crippen LogP contribution in [-0.4, -0.2) is 161 Å². The van der Waals surface area contributed by atoms with Crippen molar-refractivity contribution in [1.29, 1.82) is 0 Å². The number of nitrogens with two attached hydrogens (primary N) is 3. The van der Waals surface area contributed by atoms with E-state index in [1.165, 1.54) is 51.5 Å². The number of rotatable bonds is 21. The number of anilines is 1. The fourth-order valence-corrected chi connectivity index (χ4v) is 11.4. The molecule has 0 saturated carbocycles. The molecule has 1 aliphatic rings. The van der Waals surface area contributed by atoms with Crippen LogP contribution in [0.5, 0.6) is 23.0 Å². The summed E-state index contributed by atoms with van der Waals surface area (Å²) in [6.45, 7) is 5.77. The summed E-state index contributed by atoms with van der Waals surface area (Å²) >= 11 is 6.84. The topological polar surface area (TPSA) is 439 Å². The van der Waals surface area contributed by atoms with E-state index < -0.39 is 106 Å². The van der Waals surface area contributed by atoms with Crippen molar-refractivity contribution in [1.82, 2.24) is 52.7 Å². The highest BCUT2D eigenvalue weighted by Gasteiger charge is 2.36. The van der Waals surface area contributed by atoms with Crippen LogP contribution in [-0.2, 0) is 56.5 Å². The van der Waals surface area contributed by atoms with Gasteiger partial charge in [0.1, 0.15) is 59.6 Å². The largest absolute Gasteiger partial charge is 0.493 e. The molecule has 96 heavy (non-hydrogen) atoms. The Bertz CT molecular complexity index is 3770. The van der Waals surface area contributed by atoms with Gasteiger partial charge in [0.2, 0.25) is 41.4 Å². The zero-order chi connectivity index (χ0) is 69.6. The lowest BCUT2D eigenvalue weighted by molar-refractivity contribution is -0.136. The Morgan fingerprint density at radius 2 is 1.29 bits per heavy atom. The minimum Gasteiger partial charge on any atom is -0.493 e. The quantitative estimate of drug-likeness (QED) is 0.0363. The lowest BCUT2D eigenvalue weighted by atomic mass is 10.00. The molecular weight excluding hydrogens is 1280 g/mol. The summed E-state index contributed by atoms with van der Waals surface area (Å²) in [5, 5.41) is 39.6. The lowest BCUT2D eigenvalue weighted by Gasteiger charge is -2.28. The van der Waals surface area contributed by atoms with Crippen molar-refractivity contribution in [3.63, 3.8) is 0 Å². The van der Waals surface area contributed by atoms with E-state index in [1.807, 2.05) is 0 Å². The Morgan fingerprint density at radius 3 is 1.88 bits per heavy atom. The number of nitrogens with one attached hydrogen (secondary N) is 9. The van der Waals surface area contributed by atoms with E-state index in [-0.39, 0.29) is 97.9 Å². The van der Waals surface area contributed by atoms with Crippen LogP contribution in [0.1, 0.15) is 80.1 Å². The van der Waals surface area contributed by atoms with Gasteiger partial charge in [-0.05, 0) is 119 Å². The third kappa shape index (κ3) is 21.0. The van der Waals surface area contributed by atoms with Crippen molar-refractivity contribution in [3.05, 3.63) is 131 Å². The van der Waals surface area contributed by atoms with Crippen LogP contribution in [0.3, 0.4) is 0 Å². The normalized spacial score (nSPS) is 20.5. The van der Waals surface area contributed by atoms with Crippen molar-refractivity contribution >= 4 is 97.2 Å². The van der Waals surface area contributed by atoms with Gasteiger partial charge in [-0.1, -0.05) is 73.1 Å². The number of aromatic nitrogens is 2. The van der Waals surface area contributed by atoms with Crippen LogP contribution in [0.25, 0.3) is 10.9 Å². The molecule has 2 aromatic heterocycles. The average molecular weight is 1360 g/mol. The first-order valence-electron chi connectivity index (χ1n) is 31.0. The number of fused-ring (bicyclic) bond motifs is 1. The highest BCUT2D eigenvalue weighted by molar-refractivity contribution is 8.00. The zero-order valence-corrected chi connectivity index (χ0v) is 55.5. The summed E-state index contributed by atoms with van der Waals surface area (Å²) in [5.74, 6) is -4.88. The van der Waals surface area contributed by atoms with Gasteiger partial charge in [-0.25, -0.2) is 0 Å². The second-order valence-corrected chi connectivity index (χ2v) is 24.8. The first kappa shape index (κ1) is 73.8. The van der Waals surface area contributed by atoms with E-state index >= 15 is 0 Å². The molecule has 7 rings (SSSR count). The molecule has 0 radical (unpaired) electrons. The number of carbonyl (C=O) groups excluding carboxylic acids is 8. The molecular formula is C65H82ClN15O14S. The van der Waals surface area contributed by atoms with E-state index in [2.05, 4.69) is 63.0 Å². The van der Waals surface area contributed by atoms with Crippen molar-refractivity contribution in [2.24, 2.45) is 28.1 Å². The van der Waals surface area contributed by atoms with Crippen molar-refractivity contribution in [2.75, 3.05) is 45.7 Å². The number of amidine groups is 1. The number of nitrogens with zero attached hydrogens (tertiary/aromatic N) is 3. The first-order valence-corrected chi connectivity index (χ1v) is 32.7. The molecule has 4 aromatic carbocycles. The minimum absolute atomic E-state index is 0.0222. The molecule has 16 N–H and O–H groups in total. The molecule has 1 fully saturated rings. The zero-order valence-electron chi connectivity index (χ0n) is 53.9. The van der Waals surface area contributed by atoms with E-state index in [0.29, 0.717) is 56.5 Å². The fourth-order valence-electron chi connectivity index (χ4n) is 10.1. The monoisotopic (exact) mass is 1360 g/mol. The molecule has 0 bridgehead atoms. The van der Waals surface area contributed by atoms with Gasteiger partial charge in [0.05, 0.1) is 53.1 Å². The van der Waals surface area contributed by atoms with Crippen molar-refractivity contribution in [3.8, 4) is 23.0 Å². The van der Waals surface area contributed by atoms with E-state index in [9.17, 15) is 47.7 Å². The number of aliphatic hydroxyl groups is 1. The van der Waals surface area contributed by atoms with Gasteiger partial charge in [-0.3, -0.25) is 47.5 Å². The Balaban J connectivity index is 1.14. The van der Waals surface area contributed by atoms with Gasteiger partial charge in [-0.2, -0.15) is 4.99 Å². The van der Waals surface area contributed by atoms with Gasteiger partial charge in [-0.15, -0.1) is 0 Å². The smallest absolute Gasteiger partial charge is 0.251 e. The molecule has 8 amide bonds. The second-order valence-electron chi connectivity index (χ2n) is 23.0. The summed E-state index contributed by atoms with van der Waals surface area (Å²) in [7, 11) is 1.09. The predicted octanol–water partition coefficient (Wildman–Crippen LogP) is 2.29. The van der Waals surface area contributed by atoms with Crippen LogP contribution >= 0.6 is 11.6 Å². The number of amides is 8. The molecule has 1 unspecified atom stereocenters. The molecule has 0 aliphatic carbocycles. The summed E-state index contributed by atoms with van der Waals surface area (Å²) < 4.78 is 36.8. The fraction of sp³-hybridized carbons (Fsp3) is 0.400. The lowest BCUT2D eigenvalue weighted by Crippen LogP contribution is -2.61. The number of benzene rings is 4. The van der Waals surface area contributed by atoms with Crippen molar-refractivity contribution in [2.45, 2.75) is 120 Å². The standard InChI is InChI=1S/C65H82ClN15O14S/c1-35(2)28-50-62(88)75-45(18-23-67)58(84)74-47(20-25-69)61(87)80-56(37(4)82)64(90)71-26-21-48(60(86)73-46(19-24-68)59(85)77-51(63(89)76-50)30-38-10-8-7-9-11-38)72-57(83)40-14-12-39(13-15-40)34-96(91)65(79-55-29-36(3)95-81-55)78-44-17-16-41(31-43(44)66)94-52-22-27-70-49-33-54(93-6)53(92-5)32-42(49)52/h7-17,22,27,29,31-33,35,37,45-48,50-51,56,82H,18-21,23-26,28,30,34,67-69H2,1-6H3,(H,71,90)(H,72,83)(H,73,86)(H,74,84)(H,75,88)(H,76,89)(H,77,85)(H,80,87)(H,78,79,81)/t37-,45+,46+,47+,48+,50+,51-,56+,96?/m1/s1. The Kier molecular flexibility index (Phi) is 27.5. The maximum atomic E-state index is 14.6. The van der Waals surface area contributed by atoms with Crippen LogP contribution in [0, 0.1) is 12.8 Å². The molecule has 31 heteroatoms. The number of hydrogen-bond donors (Lipinski definition) is 13. The Morgan fingerprint density at radius 1 is 0.708 bits per heavy atom. The first-order chi connectivity index (χ1) is 46.0. The number of methoxy groups -OCH3 is 2. The number of ether oxygens (including phenoxy) is 3. The van der Waals surface area contributed by atoms with Gasteiger partial charge in [0.15, 0.2) is 22.5 Å². The molecule has 514 valence electrons. The number of pyridine rings is 1. The predicted molar refractivity (Wildman–Crippen MR) is 359 cm³/mol. The highest BCUT2D eigenvalue weighted by Crippen LogP contribution is 2.38. The molecule has 29 nitrogen and oxygen atoms in total.